The van der Waals surface area contributed by atoms with Gasteiger partial charge in [-0.15, -0.1) is 0 Å². The fourth-order valence-electron chi connectivity index (χ4n) is 3.82. The molecule has 8 nitrogen and oxygen atoms in total. The minimum Gasteiger partial charge on any atom is -0.448 e. The Hall–Kier alpha value is -2.38. The van der Waals surface area contributed by atoms with Gasteiger partial charge in [-0.1, -0.05) is 13.8 Å². The molecule has 0 unspecified atom stereocenters. The zero-order valence-corrected chi connectivity index (χ0v) is 16.7. The van der Waals surface area contributed by atoms with Gasteiger partial charge in [-0.2, -0.15) is 5.10 Å². The van der Waals surface area contributed by atoms with Crippen molar-refractivity contribution >= 4 is 23.5 Å². The molecule has 1 saturated heterocycles. The smallest absolute Gasteiger partial charge is 0.313 e. The summed E-state index contributed by atoms with van der Waals surface area (Å²) in [6.07, 6.45) is 4.15. The van der Waals surface area contributed by atoms with Gasteiger partial charge in [0.25, 0.3) is 5.91 Å². The van der Waals surface area contributed by atoms with E-state index in [1.165, 1.54) is 10.9 Å². The fraction of sp³-hybridized carbons (Fsp3) is 0.684. The van der Waals surface area contributed by atoms with Gasteiger partial charge in [0.05, 0.1) is 28.9 Å². The lowest BCUT2D eigenvalue weighted by atomic mass is 9.66. The Bertz CT molecular complexity index is 807. The van der Waals surface area contributed by atoms with Gasteiger partial charge in [-0.05, 0) is 40.5 Å². The van der Waals surface area contributed by atoms with Crippen LogP contribution < -0.4 is 5.32 Å². The van der Waals surface area contributed by atoms with Crippen molar-refractivity contribution in [3.63, 3.8) is 0 Å². The first kappa shape index (κ1) is 19.4. The normalized spacial score (nSPS) is 28.7. The highest BCUT2D eigenvalue weighted by Crippen LogP contribution is 2.65. The van der Waals surface area contributed by atoms with E-state index in [4.69, 9.17) is 9.47 Å². The molecule has 0 radical (unpaired) electrons. The average Bonchev–Trinajstić information content (AvgIpc) is 3.12. The number of rotatable bonds is 4. The number of nitrogens with one attached hydrogen (secondary N) is 1. The zero-order valence-electron chi connectivity index (χ0n) is 16.7. The summed E-state index contributed by atoms with van der Waals surface area (Å²) in [5.74, 6) is -1.01. The SMILES string of the molecule is CC(C)(C)C(=O)OCn1cc(NC(=O)[C@@]23CC[C@@](C)(C(=O)O2)C3(C)C)cn1. The van der Waals surface area contributed by atoms with Gasteiger partial charge in [0.2, 0.25) is 0 Å². The molecule has 3 rings (SSSR count). The quantitative estimate of drug-likeness (QED) is 0.809. The largest absolute Gasteiger partial charge is 0.448 e. The van der Waals surface area contributed by atoms with Crippen LogP contribution in [-0.2, 0) is 30.6 Å². The van der Waals surface area contributed by atoms with Crippen LogP contribution in [0, 0.1) is 16.2 Å². The second-order valence-corrected chi connectivity index (χ2v) is 9.21. The van der Waals surface area contributed by atoms with Crippen molar-refractivity contribution in [2.24, 2.45) is 16.2 Å². The zero-order chi connectivity index (χ0) is 20.3. The molecule has 2 heterocycles. The molecule has 2 atom stereocenters. The summed E-state index contributed by atoms with van der Waals surface area (Å²) in [5, 5.41) is 6.88. The highest BCUT2D eigenvalue weighted by Gasteiger charge is 2.75. The molecule has 27 heavy (non-hydrogen) atoms. The maximum absolute atomic E-state index is 13.0. The number of amides is 1. The van der Waals surface area contributed by atoms with Crippen molar-refractivity contribution in [2.75, 3.05) is 5.32 Å². The molecule has 148 valence electrons. The summed E-state index contributed by atoms with van der Waals surface area (Å²) in [6, 6.07) is 0. The molecule has 2 bridgehead atoms. The lowest BCUT2D eigenvalue weighted by molar-refractivity contribution is -0.165. The highest BCUT2D eigenvalue weighted by molar-refractivity contribution is 6.03. The standard InChI is InChI=1S/C19H27N3O5/c1-16(2,3)14(24)26-11-22-10-12(9-20-22)21-13(23)19-8-7-18(6,15(25)27-19)17(19,4)5/h9-10H,7-8,11H2,1-6H3,(H,21,23)/t18-,19+/m0/s1. The molecule has 1 aromatic rings. The molecular weight excluding hydrogens is 350 g/mol. The Morgan fingerprint density at radius 3 is 2.48 bits per heavy atom. The Labute approximate surface area is 158 Å². The summed E-state index contributed by atoms with van der Waals surface area (Å²) in [6.45, 7) is 10.9. The van der Waals surface area contributed by atoms with Crippen LogP contribution in [0.1, 0.15) is 54.4 Å². The molecule has 1 saturated carbocycles. The molecule has 8 heteroatoms. The molecular formula is C19H27N3O5. The van der Waals surface area contributed by atoms with E-state index in [9.17, 15) is 14.4 Å². The molecule has 1 amide bonds. The number of hydrogen-bond donors (Lipinski definition) is 1. The summed E-state index contributed by atoms with van der Waals surface area (Å²) >= 11 is 0. The number of ether oxygens (including phenoxy) is 2. The van der Waals surface area contributed by atoms with E-state index in [-0.39, 0.29) is 24.6 Å². The number of carbonyl (C=O) groups excluding carboxylic acids is 3. The number of hydrogen-bond acceptors (Lipinski definition) is 6. The molecule has 2 aliphatic rings. The topological polar surface area (TPSA) is 99.5 Å². The monoisotopic (exact) mass is 377 g/mol. The predicted molar refractivity (Wildman–Crippen MR) is 96.3 cm³/mol. The Balaban J connectivity index is 1.69. The van der Waals surface area contributed by atoms with Crippen LogP contribution in [0.4, 0.5) is 5.69 Å². The van der Waals surface area contributed by atoms with Gasteiger partial charge in [0.15, 0.2) is 12.3 Å². The van der Waals surface area contributed by atoms with Crippen LogP contribution in [0.15, 0.2) is 12.4 Å². The minimum absolute atomic E-state index is 0.0460. The maximum Gasteiger partial charge on any atom is 0.313 e. The van der Waals surface area contributed by atoms with Crippen LogP contribution in [-0.4, -0.2) is 33.2 Å². The van der Waals surface area contributed by atoms with Gasteiger partial charge in [-0.3, -0.25) is 14.4 Å². The third-order valence-corrected chi connectivity index (χ3v) is 6.28. The highest BCUT2D eigenvalue weighted by atomic mass is 16.6. The number of aromatic nitrogens is 2. The summed E-state index contributed by atoms with van der Waals surface area (Å²) in [7, 11) is 0. The van der Waals surface area contributed by atoms with Crippen LogP contribution >= 0.6 is 0 Å². The van der Waals surface area contributed by atoms with E-state index < -0.39 is 21.8 Å². The number of carbonyl (C=O) groups is 3. The molecule has 1 aliphatic carbocycles. The summed E-state index contributed by atoms with van der Waals surface area (Å²) in [4.78, 5) is 37.1. The molecule has 0 aromatic carbocycles. The Morgan fingerprint density at radius 1 is 1.30 bits per heavy atom. The lowest BCUT2D eigenvalue weighted by Gasteiger charge is -2.35. The van der Waals surface area contributed by atoms with Gasteiger partial charge in [0, 0.05) is 5.41 Å². The Morgan fingerprint density at radius 2 is 1.96 bits per heavy atom. The van der Waals surface area contributed by atoms with Crippen LogP contribution in [0.25, 0.3) is 0 Å². The molecule has 0 spiro atoms. The second-order valence-electron chi connectivity index (χ2n) is 9.21. The van der Waals surface area contributed by atoms with E-state index in [2.05, 4.69) is 10.4 Å². The van der Waals surface area contributed by atoms with E-state index in [0.717, 1.165) is 0 Å². The van der Waals surface area contributed by atoms with Gasteiger partial charge >= 0.3 is 11.9 Å². The van der Waals surface area contributed by atoms with Gasteiger partial charge in [-0.25, -0.2) is 4.68 Å². The maximum atomic E-state index is 13.0. The first-order valence-corrected chi connectivity index (χ1v) is 9.08. The van der Waals surface area contributed by atoms with Crippen molar-refractivity contribution in [1.82, 2.24) is 9.78 Å². The summed E-state index contributed by atoms with van der Waals surface area (Å²) < 4.78 is 12.2. The van der Waals surface area contributed by atoms with Crippen molar-refractivity contribution < 1.29 is 23.9 Å². The number of fused-ring (bicyclic) bond motifs is 2. The lowest BCUT2D eigenvalue weighted by Crippen LogP contribution is -2.50. The molecule has 1 aromatic heterocycles. The minimum atomic E-state index is -1.18. The van der Waals surface area contributed by atoms with Crippen LogP contribution in [0.2, 0.25) is 0 Å². The third-order valence-electron chi connectivity index (χ3n) is 6.28. The number of esters is 2. The van der Waals surface area contributed by atoms with E-state index >= 15 is 0 Å². The fourth-order valence-corrected chi connectivity index (χ4v) is 3.82. The average molecular weight is 377 g/mol. The van der Waals surface area contributed by atoms with Crippen molar-refractivity contribution in [1.29, 1.82) is 0 Å². The van der Waals surface area contributed by atoms with Crippen molar-refractivity contribution in [2.45, 2.75) is 66.7 Å². The number of nitrogens with zero attached hydrogens (tertiary/aromatic N) is 2. The van der Waals surface area contributed by atoms with E-state index in [0.29, 0.717) is 18.5 Å². The van der Waals surface area contributed by atoms with E-state index in [1.54, 1.807) is 27.0 Å². The van der Waals surface area contributed by atoms with Crippen molar-refractivity contribution in [3.05, 3.63) is 12.4 Å². The predicted octanol–water partition coefficient (Wildman–Crippen LogP) is 2.49. The first-order valence-electron chi connectivity index (χ1n) is 9.08. The first-order chi connectivity index (χ1) is 12.3. The summed E-state index contributed by atoms with van der Waals surface area (Å²) in [5.41, 5.74) is -2.60. The van der Waals surface area contributed by atoms with Gasteiger partial charge < -0.3 is 14.8 Å². The van der Waals surface area contributed by atoms with Crippen LogP contribution in [0.5, 0.6) is 0 Å². The van der Waals surface area contributed by atoms with Gasteiger partial charge in [0.1, 0.15) is 0 Å². The molecule has 1 aliphatic heterocycles. The number of anilines is 1. The van der Waals surface area contributed by atoms with Crippen LogP contribution in [0.3, 0.4) is 0 Å². The molecule has 1 N–H and O–H groups in total. The second kappa shape index (κ2) is 5.81. The van der Waals surface area contributed by atoms with E-state index in [1.807, 2.05) is 20.8 Å². The van der Waals surface area contributed by atoms with Crippen molar-refractivity contribution in [3.8, 4) is 0 Å². The third kappa shape index (κ3) is 2.73. The molecule has 2 fully saturated rings. The Kier molecular flexibility index (Phi) is 4.17.